The Morgan fingerprint density at radius 3 is 2.00 bits per heavy atom. The van der Waals surface area contributed by atoms with Gasteiger partial charge in [0.1, 0.15) is 0 Å². The van der Waals surface area contributed by atoms with Crippen molar-refractivity contribution in [2.24, 2.45) is 0 Å². The summed E-state index contributed by atoms with van der Waals surface area (Å²) in [5.74, 6) is 0.110. The van der Waals surface area contributed by atoms with Crippen LogP contribution in [0.1, 0.15) is 52.4 Å². The molecule has 0 radical (unpaired) electrons. The van der Waals surface area contributed by atoms with Crippen LogP contribution in [0, 0.1) is 0 Å². The average Bonchev–Trinajstić information content (AvgIpc) is 2.39. The van der Waals surface area contributed by atoms with E-state index in [0.717, 1.165) is 52.1 Å². The largest absolute Gasteiger partial charge is 0.381 e. The standard InChI is InChI=1S/C14H29NO3/c1-3-5-10-17-11-6-7-12-18-13-8-9-15-14(16)4-2/h3-13H2,1-2H3,(H,15,16). The molecule has 4 nitrogen and oxygen atoms in total. The lowest BCUT2D eigenvalue weighted by molar-refractivity contribution is -0.120. The molecule has 1 amide bonds. The van der Waals surface area contributed by atoms with Crippen molar-refractivity contribution in [1.82, 2.24) is 5.32 Å². The van der Waals surface area contributed by atoms with Gasteiger partial charge in [0.15, 0.2) is 0 Å². The van der Waals surface area contributed by atoms with E-state index in [2.05, 4.69) is 12.2 Å². The molecule has 4 heteroatoms. The highest BCUT2D eigenvalue weighted by Gasteiger charge is 1.95. The lowest BCUT2D eigenvalue weighted by Crippen LogP contribution is -2.24. The fourth-order valence-corrected chi connectivity index (χ4v) is 1.39. The van der Waals surface area contributed by atoms with Gasteiger partial charge in [0, 0.05) is 39.4 Å². The molecule has 0 aliphatic rings. The molecular weight excluding hydrogens is 230 g/mol. The Labute approximate surface area is 111 Å². The van der Waals surface area contributed by atoms with Crippen LogP contribution in [-0.2, 0) is 14.3 Å². The van der Waals surface area contributed by atoms with Gasteiger partial charge in [-0.3, -0.25) is 4.79 Å². The van der Waals surface area contributed by atoms with E-state index in [9.17, 15) is 4.79 Å². The lowest BCUT2D eigenvalue weighted by atomic mass is 10.3. The summed E-state index contributed by atoms with van der Waals surface area (Å²) in [7, 11) is 0. The Morgan fingerprint density at radius 1 is 0.889 bits per heavy atom. The Hall–Kier alpha value is -0.610. The number of amides is 1. The second kappa shape index (κ2) is 14.5. The van der Waals surface area contributed by atoms with Crippen LogP contribution in [-0.4, -0.2) is 38.9 Å². The molecule has 0 saturated heterocycles. The summed E-state index contributed by atoms with van der Waals surface area (Å²) in [4.78, 5) is 10.9. The maximum absolute atomic E-state index is 10.9. The van der Waals surface area contributed by atoms with Crippen LogP contribution >= 0.6 is 0 Å². The second-order valence-electron chi connectivity index (χ2n) is 4.34. The van der Waals surface area contributed by atoms with E-state index in [4.69, 9.17) is 9.47 Å². The van der Waals surface area contributed by atoms with E-state index in [1.807, 2.05) is 6.92 Å². The third kappa shape index (κ3) is 13.5. The van der Waals surface area contributed by atoms with Gasteiger partial charge >= 0.3 is 0 Å². The zero-order chi connectivity index (χ0) is 13.5. The van der Waals surface area contributed by atoms with Crippen LogP contribution in [0.3, 0.4) is 0 Å². The van der Waals surface area contributed by atoms with Crippen molar-refractivity contribution < 1.29 is 14.3 Å². The molecule has 0 fully saturated rings. The first-order valence-electron chi connectivity index (χ1n) is 7.23. The molecule has 0 aromatic carbocycles. The van der Waals surface area contributed by atoms with Crippen molar-refractivity contribution in [3.63, 3.8) is 0 Å². The van der Waals surface area contributed by atoms with Gasteiger partial charge in [0.25, 0.3) is 0 Å². The van der Waals surface area contributed by atoms with E-state index < -0.39 is 0 Å². The van der Waals surface area contributed by atoms with Crippen LogP contribution in [0.25, 0.3) is 0 Å². The SMILES string of the molecule is CCCCOCCCCOCCCNC(=O)CC. The minimum Gasteiger partial charge on any atom is -0.381 e. The van der Waals surface area contributed by atoms with Gasteiger partial charge in [-0.15, -0.1) is 0 Å². The van der Waals surface area contributed by atoms with Crippen molar-refractivity contribution in [3.8, 4) is 0 Å². The Kier molecular flexibility index (Phi) is 14.0. The van der Waals surface area contributed by atoms with E-state index >= 15 is 0 Å². The van der Waals surface area contributed by atoms with Crippen molar-refractivity contribution in [3.05, 3.63) is 0 Å². The Bertz CT molecular complexity index is 186. The lowest BCUT2D eigenvalue weighted by Gasteiger charge is -2.06. The molecule has 0 spiro atoms. The molecule has 0 heterocycles. The molecule has 0 bridgehead atoms. The van der Waals surface area contributed by atoms with Crippen molar-refractivity contribution >= 4 is 5.91 Å². The number of carbonyl (C=O) groups is 1. The third-order valence-corrected chi connectivity index (χ3v) is 2.58. The van der Waals surface area contributed by atoms with E-state index in [0.29, 0.717) is 13.0 Å². The highest BCUT2D eigenvalue weighted by molar-refractivity contribution is 5.75. The third-order valence-electron chi connectivity index (χ3n) is 2.58. The molecular formula is C14H29NO3. The summed E-state index contributed by atoms with van der Waals surface area (Å²) >= 11 is 0. The molecule has 1 N–H and O–H groups in total. The number of unbranched alkanes of at least 4 members (excludes halogenated alkanes) is 2. The average molecular weight is 259 g/mol. The summed E-state index contributed by atoms with van der Waals surface area (Å²) in [6, 6.07) is 0. The summed E-state index contributed by atoms with van der Waals surface area (Å²) in [5, 5.41) is 2.82. The highest BCUT2D eigenvalue weighted by Crippen LogP contribution is 1.94. The predicted molar refractivity (Wildman–Crippen MR) is 73.7 cm³/mol. The van der Waals surface area contributed by atoms with Gasteiger partial charge in [0.05, 0.1) is 0 Å². The number of ether oxygens (including phenoxy) is 2. The predicted octanol–water partition coefficient (Wildman–Crippen LogP) is 2.52. The molecule has 0 rings (SSSR count). The summed E-state index contributed by atoms with van der Waals surface area (Å²) < 4.78 is 10.9. The van der Waals surface area contributed by atoms with Crippen LogP contribution in [0.4, 0.5) is 0 Å². The van der Waals surface area contributed by atoms with Crippen molar-refractivity contribution in [2.45, 2.75) is 52.4 Å². The molecule has 0 aliphatic carbocycles. The number of hydrogen-bond acceptors (Lipinski definition) is 3. The smallest absolute Gasteiger partial charge is 0.219 e. The minimum absolute atomic E-state index is 0.110. The van der Waals surface area contributed by atoms with Gasteiger partial charge in [-0.05, 0) is 25.7 Å². The van der Waals surface area contributed by atoms with Crippen LogP contribution in [0.2, 0.25) is 0 Å². The van der Waals surface area contributed by atoms with Crippen LogP contribution < -0.4 is 5.32 Å². The zero-order valence-electron chi connectivity index (χ0n) is 12.0. The molecule has 0 aromatic heterocycles. The van der Waals surface area contributed by atoms with Gasteiger partial charge in [0.2, 0.25) is 5.91 Å². The normalized spacial score (nSPS) is 10.6. The van der Waals surface area contributed by atoms with Crippen LogP contribution in [0.5, 0.6) is 0 Å². The summed E-state index contributed by atoms with van der Waals surface area (Å²) in [6.07, 6.45) is 5.90. The maximum Gasteiger partial charge on any atom is 0.219 e. The van der Waals surface area contributed by atoms with E-state index in [1.54, 1.807) is 0 Å². The number of carbonyl (C=O) groups excluding carboxylic acids is 1. The van der Waals surface area contributed by atoms with Crippen LogP contribution in [0.15, 0.2) is 0 Å². The first-order chi connectivity index (χ1) is 8.81. The number of hydrogen-bond donors (Lipinski definition) is 1. The first-order valence-corrected chi connectivity index (χ1v) is 7.23. The molecule has 0 saturated carbocycles. The fourth-order valence-electron chi connectivity index (χ4n) is 1.39. The Balaban J connectivity index is 2.97. The van der Waals surface area contributed by atoms with Gasteiger partial charge in [-0.1, -0.05) is 20.3 Å². The number of nitrogens with one attached hydrogen (secondary N) is 1. The minimum atomic E-state index is 0.110. The molecule has 108 valence electrons. The first kappa shape index (κ1) is 17.4. The van der Waals surface area contributed by atoms with E-state index in [-0.39, 0.29) is 5.91 Å². The zero-order valence-corrected chi connectivity index (χ0v) is 12.0. The molecule has 0 aliphatic heterocycles. The van der Waals surface area contributed by atoms with Crippen molar-refractivity contribution in [2.75, 3.05) is 33.0 Å². The quantitative estimate of drug-likeness (QED) is 0.517. The van der Waals surface area contributed by atoms with Gasteiger partial charge in [-0.2, -0.15) is 0 Å². The molecule has 18 heavy (non-hydrogen) atoms. The molecule has 0 atom stereocenters. The second-order valence-corrected chi connectivity index (χ2v) is 4.34. The maximum atomic E-state index is 10.9. The Morgan fingerprint density at radius 2 is 1.44 bits per heavy atom. The van der Waals surface area contributed by atoms with E-state index in [1.165, 1.54) is 6.42 Å². The molecule has 0 unspecified atom stereocenters. The van der Waals surface area contributed by atoms with Crippen molar-refractivity contribution in [1.29, 1.82) is 0 Å². The van der Waals surface area contributed by atoms with Gasteiger partial charge in [-0.25, -0.2) is 0 Å². The fraction of sp³-hybridized carbons (Fsp3) is 0.929. The summed E-state index contributed by atoms with van der Waals surface area (Å²) in [6.45, 7) is 7.98. The summed E-state index contributed by atoms with van der Waals surface area (Å²) in [5.41, 5.74) is 0. The molecule has 0 aromatic rings. The highest BCUT2D eigenvalue weighted by atomic mass is 16.5. The number of rotatable bonds is 13. The topological polar surface area (TPSA) is 47.6 Å². The monoisotopic (exact) mass is 259 g/mol. The van der Waals surface area contributed by atoms with Gasteiger partial charge < -0.3 is 14.8 Å².